The van der Waals surface area contributed by atoms with Gasteiger partial charge < -0.3 is 15.3 Å². The predicted molar refractivity (Wildman–Crippen MR) is 127 cm³/mol. The van der Waals surface area contributed by atoms with E-state index < -0.39 is 12.0 Å². The van der Waals surface area contributed by atoms with Gasteiger partial charge in [-0.05, 0) is 46.4 Å². The Kier molecular flexibility index (Phi) is 6.27. The first-order chi connectivity index (χ1) is 15.8. The molecule has 2 N–H and O–H groups in total. The van der Waals surface area contributed by atoms with Crippen LogP contribution in [-0.4, -0.2) is 33.8 Å². The fourth-order valence-corrected chi connectivity index (χ4v) is 4.24. The van der Waals surface area contributed by atoms with Gasteiger partial charge in [-0.3, -0.25) is 9.59 Å². The number of carbonyl (C=O) groups is 3. The van der Waals surface area contributed by atoms with E-state index in [0.717, 1.165) is 22.3 Å². The monoisotopic (exact) mass is 442 g/mol. The van der Waals surface area contributed by atoms with Crippen molar-refractivity contribution >= 4 is 23.5 Å². The zero-order chi connectivity index (χ0) is 23.5. The van der Waals surface area contributed by atoms with Crippen LogP contribution in [0.25, 0.3) is 11.1 Å². The van der Waals surface area contributed by atoms with Crippen molar-refractivity contribution in [2.75, 3.05) is 5.32 Å². The van der Waals surface area contributed by atoms with Gasteiger partial charge in [0.15, 0.2) is 0 Å². The molecule has 4 rings (SSSR count). The maximum absolute atomic E-state index is 13.0. The van der Waals surface area contributed by atoms with Crippen molar-refractivity contribution in [1.29, 1.82) is 0 Å². The zero-order valence-electron chi connectivity index (χ0n) is 18.6. The summed E-state index contributed by atoms with van der Waals surface area (Å²) in [6.45, 7) is 3.91. The number of aliphatic carboxylic acids is 1. The predicted octanol–water partition coefficient (Wildman–Crippen LogP) is 4.60. The van der Waals surface area contributed by atoms with E-state index in [2.05, 4.69) is 5.32 Å². The summed E-state index contributed by atoms with van der Waals surface area (Å²) in [5, 5.41) is 12.5. The van der Waals surface area contributed by atoms with Gasteiger partial charge in [0.05, 0.1) is 6.42 Å². The van der Waals surface area contributed by atoms with E-state index in [1.54, 1.807) is 13.8 Å². The summed E-state index contributed by atoms with van der Waals surface area (Å²) in [4.78, 5) is 38.4. The molecule has 1 heterocycles. The van der Waals surface area contributed by atoms with E-state index in [4.69, 9.17) is 0 Å². The Hall–Kier alpha value is -3.93. The van der Waals surface area contributed by atoms with Gasteiger partial charge in [-0.1, -0.05) is 68.4 Å². The number of rotatable bonds is 7. The molecule has 6 heteroatoms. The first-order valence-electron chi connectivity index (χ1n) is 10.9. The molecule has 33 heavy (non-hydrogen) atoms. The highest BCUT2D eigenvalue weighted by atomic mass is 16.4. The first-order valence-corrected chi connectivity index (χ1v) is 10.9. The molecule has 0 saturated heterocycles. The summed E-state index contributed by atoms with van der Waals surface area (Å²) in [5.74, 6) is -1.52. The van der Waals surface area contributed by atoms with Crippen LogP contribution in [0.15, 0.2) is 72.8 Å². The van der Waals surface area contributed by atoms with Crippen LogP contribution in [0.3, 0.4) is 0 Å². The summed E-state index contributed by atoms with van der Waals surface area (Å²) < 4.78 is 0. The molecule has 0 radical (unpaired) electrons. The molecule has 6 nitrogen and oxygen atoms in total. The summed E-state index contributed by atoms with van der Waals surface area (Å²) in [7, 11) is 0. The van der Waals surface area contributed by atoms with Gasteiger partial charge in [0.25, 0.3) is 5.91 Å². The number of carboxylic acids is 1. The molecule has 1 aliphatic rings. The summed E-state index contributed by atoms with van der Waals surface area (Å²) in [6.07, 6.45) is 0.305. The Bertz CT molecular complexity index is 1190. The highest BCUT2D eigenvalue weighted by molar-refractivity contribution is 6.01. The van der Waals surface area contributed by atoms with E-state index in [0.29, 0.717) is 24.2 Å². The lowest BCUT2D eigenvalue weighted by Crippen LogP contribution is -2.44. The van der Waals surface area contributed by atoms with E-state index in [1.165, 1.54) is 4.90 Å². The van der Waals surface area contributed by atoms with Gasteiger partial charge >= 0.3 is 5.97 Å². The number of nitrogens with zero attached hydrogens (tertiary/aromatic N) is 1. The maximum Gasteiger partial charge on any atom is 0.326 e. The minimum absolute atomic E-state index is 0.0877. The van der Waals surface area contributed by atoms with Crippen LogP contribution in [0.2, 0.25) is 0 Å². The molecule has 3 aromatic rings. The molecule has 0 aliphatic carbocycles. The van der Waals surface area contributed by atoms with Crippen molar-refractivity contribution in [2.45, 2.75) is 32.9 Å². The number of hydrogen-bond donors (Lipinski definition) is 2. The van der Waals surface area contributed by atoms with Crippen molar-refractivity contribution in [3.8, 4) is 11.1 Å². The molecular formula is C27H26N2O4. The minimum Gasteiger partial charge on any atom is -0.480 e. The van der Waals surface area contributed by atoms with Crippen LogP contribution in [-0.2, 0) is 22.6 Å². The van der Waals surface area contributed by atoms with Crippen molar-refractivity contribution < 1.29 is 19.5 Å². The largest absolute Gasteiger partial charge is 0.480 e. The molecule has 0 bridgehead atoms. The normalized spacial score (nSPS) is 13.7. The van der Waals surface area contributed by atoms with Gasteiger partial charge in [-0.15, -0.1) is 0 Å². The molecule has 2 amide bonds. The number of anilines is 1. The fourth-order valence-electron chi connectivity index (χ4n) is 4.24. The molecule has 0 spiro atoms. The van der Waals surface area contributed by atoms with Gasteiger partial charge in [-0.2, -0.15) is 0 Å². The molecular weight excluding hydrogens is 416 g/mol. The molecule has 0 saturated carbocycles. The van der Waals surface area contributed by atoms with Crippen LogP contribution in [0.1, 0.15) is 35.3 Å². The lowest BCUT2D eigenvalue weighted by Gasteiger charge is -2.27. The number of fused-ring (bicyclic) bond motifs is 1. The van der Waals surface area contributed by atoms with Crippen molar-refractivity contribution in [2.24, 2.45) is 5.92 Å². The Balaban J connectivity index is 1.48. The number of carbonyl (C=O) groups excluding carboxylic acids is 2. The smallest absolute Gasteiger partial charge is 0.326 e. The second-order valence-electron chi connectivity index (χ2n) is 8.62. The second kappa shape index (κ2) is 9.28. The van der Waals surface area contributed by atoms with Gasteiger partial charge in [0, 0.05) is 17.8 Å². The number of carboxylic acid groups (broad SMARTS) is 1. The van der Waals surface area contributed by atoms with Crippen LogP contribution in [0, 0.1) is 5.92 Å². The molecule has 3 aromatic carbocycles. The topological polar surface area (TPSA) is 86.7 Å². The third kappa shape index (κ3) is 4.80. The Morgan fingerprint density at radius 3 is 2.27 bits per heavy atom. The van der Waals surface area contributed by atoms with Crippen molar-refractivity contribution in [3.63, 3.8) is 0 Å². The molecule has 0 aromatic heterocycles. The van der Waals surface area contributed by atoms with Gasteiger partial charge in [0.2, 0.25) is 5.91 Å². The molecule has 1 unspecified atom stereocenters. The SMILES string of the molecule is CC(C)C(C(=O)O)N1Cc2ccc(-c3ccc(NC(=O)Cc4ccccc4)cc3)cc2C1=O. The summed E-state index contributed by atoms with van der Waals surface area (Å²) >= 11 is 0. The zero-order valence-corrected chi connectivity index (χ0v) is 18.6. The quantitative estimate of drug-likeness (QED) is 0.560. The first kappa shape index (κ1) is 22.3. The Morgan fingerprint density at radius 2 is 1.64 bits per heavy atom. The highest BCUT2D eigenvalue weighted by Crippen LogP contribution is 2.31. The maximum atomic E-state index is 13.0. The van der Waals surface area contributed by atoms with Crippen molar-refractivity contribution in [1.82, 2.24) is 4.90 Å². The number of benzene rings is 3. The lowest BCUT2D eigenvalue weighted by molar-refractivity contribution is -0.144. The minimum atomic E-state index is -0.990. The van der Waals surface area contributed by atoms with E-state index in [9.17, 15) is 19.5 Å². The average molecular weight is 443 g/mol. The molecule has 1 aliphatic heterocycles. The van der Waals surface area contributed by atoms with Crippen molar-refractivity contribution in [3.05, 3.63) is 89.5 Å². The van der Waals surface area contributed by atoms with Gasteiger partial charge in [0.1, 0.15) is 6.04 Å². The van der Waals surface area contributed by atoms with Crippen LogP contribution in [0.5, 0.6) is 0 Å². The second-order valence-corrected chi connectivity index (χ2v) is 8.62. The number of amides is 2. The Morgan fingerprint density at radius 1 is 0.970 bits per heavy atom. The third-order valence-electron chi connectivity index (χ3n) is 5.87. The van der Waals surface area contributed by atoms with E-state index in [1.807, 2.05) is 72.8 Å². The standard InChI is InChI=1S/C27H26N2O4/c1-17(2)25(27(32)33)29-16-21-9-8-20(15-23(21)26(29)31)19-10-12-22(13-11-19)28-24(30)14-18-6-4-3-5-7-18/h3-13,15,17,25H,14,16H2,1-2H3,(H,28,30)(H,32,33). The molecule has 0 fully saturated rings. The lowest BCUT2D eigenvalue weighted by atomic mass is 10.00. The van der Waals surface area contributed by atoms with Crippen LogP contribution in [0.4, 0.5) is 5.69 Å². The summed E-state index contributed by atoms with van der Waals surface area (Å²) in [6, 6.07) is 21.8. The van der Waals surface area contributed by atoms with Crippen LogP contribution < -0.4 is 5.32 Å². The summed E-state index contributed by atoms with van der Waals surface area (Å²) in [5.41, 5.74) is 4.79. The Labute approximate surface area is 192 Å². The van der Waals surface area contributed by atoms with Gasteiger partial charge in [-0.25, -0.2) is 4.79 Å². The van der Waals surface area contributed by atoms with Crippen LogP contribution >= 0.6 is 0 Å². The van der Waals surface area contributed by atoms with E-state index >= 15 is 0 Å². The molecule has 168 valence electrons. The average Bonchev–Trinajstić information content (AvgIpc) is 3.10. The number of hydrogen-bond acceptors (Lipinski definition) is 3. The molecule has 1 atom stereocenters. The highest BCUT2D eigenvalue weighted by Gasteiger charge is 2.38. The fraction of sp³-hybridized carbons (Fsp3) is 0.222. The number of nitrogens with one attached hydrogen (secondary N) is 1. The third-order valence-corrected chi connectivity index (χ3v) is 5.87. The van der Waals surface area contributed by atoms with E-state index in [-0.39, 0.29) is 17.7 Å².